The number of aromatic amines is 1. The molecule has 3 heterocycles. The molecule has 10 heteroatoms. The van der Waals surface area contributed by atoms with E-state index >= 15 is 0 Å². The van der Waals surface area contributed by atoms with E-state index in [-0.39, 0.29) is 34.8 Å². The number of hydrogen-bond donors (Lipinski definition) is 2. The summed E-state index contributed by atoms with van der Waals surface area (Å²) in [5.74, 6) is 0.127. The number of ether oxygens (including phenoxy) is 1. The van der Waals surface area contributed by atoms with Crippen molar-refractivity contribution < 1.29 is 17.9 Å². The number of alkyl halides is 3. The molecule has 0 saturated carbocycles. The summed E-state index contributed by atoms with van der Waals surface area (Å²) in [4.78, 5) is 15.6. The molecule has 162 valence electrons. The highest BCUT2D eigenvalue weighted by Gasteiger charge is 2.35. The van der Waals surface area contributed by atoms with Crippen LogP contribution in [0, 0.1) is 11.3 Å². The van der Waals surface area contributed by atoms with Gasteiger partial charge in [-0.2, -0.15) is 18.4 Å². The van der Waals surface area contributed by atoms with Gasteiger partial charge in [0.25, 0.3) is 0 Å². The average molecular weight is 438 g/mol. The number of imidazole rings is 1. The number of nitrogens with two attached hydrogens (primary N) is 1. The summed E-state index contributed by atoms with van der Waals surface area (Å²) in [6, 6.07) is 10.0. The number of hydrogen-bond acceptors (Lipinski definition) is 6. The molecule has 0 aliphatic heterocycles. The van der Waals surface area contributed by atoms with Crippen molar-refractivity contribution in [3.8, 4) is 23.1 Å². The first kappa shape index (κ1) is 21.3. The Labute approximate surface area is 180 Å². The van der Waals surface area contributed by atoms with Crippen molar-refractivity contribution in [3.05, 3.63) is 71.4 Å². The number of benzene rings is 1. The van der Waals surface area contributed by atoms with Crippen molar-refractivity contribution in [1.82, 2.24) is 19.9 Å². The van der Waals surface area contributed by atoms with Crippen LogP contribution in [0.5, 0.6) is 5.75 Å². The van der Waals surface area contributed by atoms with Crippen molar-refractivity contribution in [2.75, 3.05) is 6.61 Å². The highest BCUT2D eigenvalue weighted by molar-refractivity contribution is 5.84. The topological polar surface area (TPSA) is 113 Å². The third-order valence-corrected chi connectivity index (χ3v) is 4.83. The summed E-state index contributed by atoms with van der Waals surface area (Å²) in [6.07, 6.45) is -1.41. The van der Waals surface area contributed by atoms with Crippen LogP contribution in [-0.2, 0) is 6.18 Å². The molecule has 0 fully saturated rings. The van der Waals surface area contributed by atoms with Gasteiger partial charge in [-0.1, -0.05) is 0 Å². The van der Waals surface area contributed by atoms with Crippen LogP contribution in [0.2, 0.25) is 0 Å². The molecule has 0 aliphatic rings. The molecule has 32 heavy (non-hydrogen) atoms. The molecule has 0 saturated heterocycles. The van der Waals surface area contributed by atoms with Gasteiger partial charge in [-0.15, -0.1) is 0 Å². The SMILES string of the molecule is CCOc1ccc(-c2cc3[nH]c(C(N)c4ccncc4)nc3c(C#N)n2)cc1C(F)(F)F. The third-order valence-electron chi connectivity index (χ3n) is 4.83. The predicted octanol–water partition coefficient (Wildman–Crippen LogP) is 4.36. The van der Waals surface area contributed by atoms with Crippen molar-refractivity contribution in [2.24, 2.45) is 5.73 Å². The number of halogens is 3. The fraction of sp³-hybridized carbons (Fsp3) is 0.182. The molecule has 1 aromatic carbocycles. The fourth-order valence-electron chi connectivity index (χ4n) is 3.33. The Hall–Kier alpha value is -3.97. The number of nitriles is 1. The Balaban J connectivity index is 1.82. The first-order valence-electron chi connectivity index (χ1n) is 9.62. The maximum Gasteiger partial charge on any atom is 0.419 e. The minimum absolute atomic E-state index is 0.0237. The number of nitrogens with one attached hydrogen (secondary N) is 1. The first-order chi connectivity index (χ1) is 15.3. The number of H-pyrrole nitrogens is 1. The van der Waals surface area contributed by atoms with Crippen molar-refractivity contribution in [3.63, 3.8) is 0 Å². The smallest absolute Gasteiger partial charge is 0.419 e. The molecular weight excluding hydrogens is 421 g/mol. The molecule has 0 spiro atoms. The van der Waals surface area contributed by atoms with Crippen LogP contribution < -0.4 is 10.5 Å². The number of pyridine rings is 2. The van der Waals surface area contributed by atoms with Gasteiger partial charge < -0.3 is 15.5 Å². The van der Waals surface area contributed by atoms with Crippen LogP contribution in [0.1, 0.15) is 35.6 Å². The minimum Gasteiger partial charge on any atom is -0.493 e. The van der Waals surface area contributed by atoms with Crippen LogP contribution in [-0.4, -0.2) is 26.5 Å². The molecule has 3 N–H and O–H groups in total. The summed E-state index contributed by atoms with van der Waals surface area (Å²) < 4.78 is 45.7. The van der Waals surface area contributed by atoms with Crippen LogP contribution in [0.4, 0.5) is 13.2 Å². The lowest BCUT2D eigenvalue weighted by Gasteiger charge is -2.14. The molecule has 3 aromatic heterocycles. The van der Waals surface area contributed by atoms with Gasteiger partial charge in [-0.05, 0) is 48.9 Å². The second-order valence-corrected chi connectivity index (χ2v) is 6.89. The Kier molecular flexibility index (Phi) is 5.50. The van der Waals surface area contributed by atoms with Gasteiger partial charge in [0.2, 0.25) is 0 Å². The molecule has 7 nitrogen and oxygen atoms in total. The zero-order valence-electron chi connectivity index (χ0n) is 16.8. The van der Waals surface area contributed by atoms with E-state index in [2.05, 4.69) is 19.9 Å². The van der Waals surface area contributed by atoms with E-state index in [4.69, 9.17) is 10.5 Å². The van der Waals surface area contributed by atoms with E-state index in [9.17, 15) is 18.4 Å². The van der Waals surface area contributed by atoms with Gasteiger partial charge in [0.15, 0.2) is 5.69 Å². The second kappa shape index (κ2) is 8.28. The largest absolute Gasteiger partial charge is 0.493 e. The summed E-state index contributed by atoms with van der Waals surface area (Å²) >= 11 is 0. The predicted molar refractivity (Wildman–Crippen MR) is 110 cm³/mol. The molecule has 4 rings (SSSR count). The summed E-state index contributed by atoms with van der Waals surface area (Å²) in [5, 5.41) is 9.56. The maximum absolute atomic E-state index is 13.5. The molecule has 0 amide bonds. The Morgan fingerprint density at radius 3 is 2.56 bits per heavy atom. The lowest BCUT2D eigenvalue weighted by molar-refractivity contribution is -0.138. The van der Waals surface area contributed by atoms with E-state index < -0.39 is 17.8 Å². The van der Waals surface area contributed by atoms with Gasteiger partial charge >= 0.3 is 6.18 Å². The highest BCUT2D eigenvalue weighted by Crippen LogP contribution is 2.39. The van der Waals surface area contributed by atoms with E-state index in [1.54, 1.807) is 37.5 Å². The van der Waals surface area contributed by atoms with E-state index in [1.165, 1.54) is 12.1 Å². The van der Waals surface area contributed by atoms with Crippen LogP contribution >= 0.6 is 0 Å². The van der Waals surface area contributed by atoms with Gasteiger partial charge in [0, 0.05) is 18.0 Å². The van der Waals surface area contributed by atoms with Gasteiger partial charge in [-0.3, -0.25) is 4.98 Å². The van der Waals surface area contributed by atoms with Crippen LogP contribution in [0.25, 0.3) is 22.3 Å². The Morgan fingerprint density at radius 2 is 1.91 bits per heavy atom. The molecular formula is C22H17F3N6O. The van der Waals surface area contributed by atoms with Crippen LogP contribution in [0.3, 0.4) is 0 Å². The average Bonchev–Trinajstić information content (AvgIpc) is 3.22. The van der Waals surface area contributed by atoms with Crippen molar-refractivity contribution >= 4 is 11.0 Å². The number of rotatable bonds is 5. The lowest BCUT2D eigenvalue weighted by Crippen LogP contribution is -2.13. The normalized spacial score (nSPS) is 12.5. The maximum atomic E-state index is 13.5. The standard InChI is InChI=1S/C22H17F3N6O/c1-2-32-18-4-3-13(9-14(18)22(23,24)25)15-10-16-20(17(11-26)29-15)31-21(30-16)19(27)12-5-7-28-8-6-12/h3-10,19H,2,27H2,1H3,(H,30,31). The fourth-order valence-corrected chi connectivity index (χ4v) is 3.33. The molecule has 4 aromatic rings. The van der Waals surface area contributed by atoms with Crippen LogP contribution in [0.15, 0.2) is 48.8 Å². The molecule has 0 aliphatic carbocycles. The number of nitrogens with zero attached hydrogens (tertiary/aromatic N) is 4. The molecule has 1 unspecified atom stereocenters. The first-order valence-corrected chi connectivity index (χ1v) is 9.62. The number of fused-ring (bicyclic) bond motifs is 1. The zero-order valence-corrected chi connectivity index (χ0v) is 16.8. The van der Waals surface area contributed by atoms with E-state index in [0.29, 0.717) is 11.3 Å². The Morgan fingerprint density at radius 1 is 1.16 bits per heavy atom. The summed E-state index contributed by atoms with van der Waals surface area (Å²) in [7, 11) is 0. The zero-order chi connectivity index (χ0) is 22.9. The number of aromatic nitrogens is 4. The van der Waals surface area contributed by atoms with Crippen molar-refractivity contribution in [1.29, 1.82) is 5.26 Å². The quantitative estimate of drug-likeness (QED) is 0.479. The lowest BCUT2D eigenvalue weighted by atomic mass is 10.1. The minimum atomic E-state index is -4.61. The summed E-state index contributed by atoms with van der Waals surface area (Å²) in [5.41, 5.74) is 7.19. The molecule has 0 radical (unpaired) electrons. The van der Waals surface area contributed by atoms with E-state index in [0.717, 1.165) is 11.6 Å². The Bertz CT molecular complexity index is 1310. The molecule has 0 bridgehead atoms. The van der Waals surface area contributed by atoms with Gasteiger partial charge in [0.1, 0.15) is 23.2 Å². The monoisotopic (exact) mass is 438 g/mol. The van der Waals surface area contributed by atoms with E-state index in [1.807, 2.05) is 6.07 Å². The van der Waals surface area contributed by atoms with Gasteiger partial charge in [-0.25, -0.2) is 9.97 Å². The third kappa shape index (κ3) is 3.98. The summed E-state index contributed by atoms with van der Waals surface area (Å²) in [6.45, 7) is 1.70. The van der Waals surface area contributed by atoms with Crippen molar-refractivity contribution in [2.45, 2.75) is 19.1 Å². The highest BCUT2D eigenvalue weighted by atomic mass is 19.4. The molecule has 1 atom stereocenters. The second-order valence-electron chi connectivity index (χ2n) is 6.89. The van der Waals surface area contributed by atoms with Gasteiger partial charge in [0.05, 0.1) is 29.4 Å².